The molecule has 0 spiro atoms. The molecule has 0 aliphatic heterocycles. The molecule has 0 radical (unpaired) electrons. The second-order valence-electron chi connectivity index (χ2n) is 19.4. The molecule has 10 aromatic rings. The molecule has 304 valence electrons. The van der Waals surface area contributed by atoms with Crippen LogP contribution in [0.3, 0.4) is 0 Å². The average molecular weight is 821 g/mol. The fourth-order valence-corrected chi connectivity index (χ4v) is 14.0. The second kappa shape index (κ2) is 13.4. The zero-order chi connectivity index (χ0) is 42.7. The normalized spacial score (nSPS) is 23.5. The van der Waals surface area contributed by atoms with Crippen molar-refractivity contribution in [3.8, 4) is 23.5 Å². The van der Waals surface area contributed by atoms with Crippen molar-refractivity contribution in [2.45, 2.75) is 60.2 Å². The zero-order valence-corrected chi connectivity index (χ0v) is 35.5. The molecular formula is C60H44N4. The molecule has 8 aromatic carbocycles. The second-order valence-corrected chi connectivity index (χ2v) is 19.4. The van der Waals surface area contributed by atoms with E-state index >= 15 is 0 Å². The Kier molecular flexibility index (Phi) is 7.75. The largest absolute Gasteiger partial charge is 0.309 e. The minimum atomic E-state index is -0.235. The summed E-state index contributed by atoms with van der Waals surface area (Å²) in [5.74, 6) is 0. The lowest BCUT2D eigenvalue weighted by Crippen LogP contribution is -2.67. The topological polar surface area (TPSA) is 57.4 Å². The standard InChI is InChI=1S/C60H44N4/c61-33-41-22-23-46(32-42(41)34-62)60-38-57(43-12-2-1-3-13-43)35-58(39-60,44-24-28-47(29-25-44)63-53-18-8-4-14-49(53)50-15-5-9-19-54(50)63)37-59(36-57,40-60)45-26-30-48(31-27-45)64-55-20-10-6-16-51(55)52-17-7-11-21-56(52)64/h1-32H,35-40H2. The number of hydrogen-bond acceptors (Lipinski definition) is 2. The van der Waals surface area contributed by atoms with Crippen molar-refractivity contribution in [3.63, 3.8) is 0 Å². The summed E-state index contributed by atoms with van der Waals surface area (Å²) >= 11 is 0. The van der Waals surface area contributed by atoms with Crippen molar-refractivity contribution in [2.75, 3.05) is 0 Å². The van der Waals surface area contributed by atoms with E-state index in [1.54, 1.807) is 0 Å². The Morgan fingerprint density at radius 1 is 0.312 bits per heavy atom. The molecule has 64 heavy (non-hydrogen) atoms. The van der Waals surface area contributed by atoms with E-state index in [1.165, 1.54) is 77.2 Å². The van der Waals surface area contributed by atoms with E-state index in [2.05, 4.69) is 209 Å². The van der Waals surface area contributed by atoms with Gasteiger partial charge in [-0.05, 0) is 143 Å². The van der Waals surface area contributed by atoms with Crippen LogP contribution in [0, 0.1) is 22.7 Å². The van der Waals surface area contributed by atoms with Crippen molar-refractivity contribution >= 4 is 43.6 Å². The number of rotatable bonds is 6. The fourth-order valence-electron chi connectivity index (χ4n) is 14.0. The van der Waals surface area contributed by atoms with Crippen molar-refractivity contribution in [3.05, 3.63) is 228 Å². The third-order valence-corrected chi connectivity index (χ3v) is 16.0. The van der Waals surface area contributed by atoms with E-state index in [0.717, 1.165) is 38.5 Å². The lowest BCUT2D eigenvalue weighted by molar-refractivity contribution is -0.0691. The van der Waals surface area contributed by atoms with Gasteiger partial charge in [0.15, 0.2) is 0 Å². The number of benzene rings is 8. The molecule has 4 bridgehead atoms. The predicted octanol–water partition coefficient (Wildman–Crippen LogP) is 14.1. The molecule has 4 nitrogen and oxygen atoms in total. The molecular weight excluding hydrogens is 777 g/mol. The highest BCUT2D eigenvalue weighted by Gasteiger charge is 2.69. The summed E-state index contributed by atoms with van der Waals surface area (Å²) in [6.45, 7) is 0. The van der Waals surface area contributed by atoms with Crippen LogP contribution < -0.4 is 0 Å². The summed E-state index contributed by atoms with van der Waals surface area (Å²) in [7, 11) is 0. The highest BCUT2D eigenvalue weighted by atomic mass is 15.0. The highest BCUT2D eigenvalue weighted by Crippen LogP contribution is 2.75. The Morgan fingerprint density at radius 2 is 0.625 bits per heavy atom. The molecule has 2 heterocycles. The first-order chi connectivity index (χ1) is 31.4. The number of hydrogen-bond donors (Lipinski definition) is 0. The van der Waals surface area contributed by atoms with Crippen LogP contribution in [-0.2, 0) is 21.7 Å². The Balaban J connectivity index is 1.01. The molecule has 2 aromatic heterocycles. The molecule has 14 rings (SSSR count). The van der Waals surface area contributed by atoms with Gasteiger partial charge in [0.2, 0.25) is 0 Å². The van der Waals surface area contributed by atoms with Crippen LogP contribution in [0.2, 0.25) is 0 Å². The summed E-state index contributed by atoms with van der Waals surface area (Å²) in [6, 6.07) is 76.4. The summed E-state index contributed by atoms with van der Waals surface area (Å²) in [5, 5.41) is 25.5. The van der Waals surface area contributed by atoms with Gasteiger partial charge in [-0.3, -0.25) is 0 Å². The van der Waals surface area contributed by atoms with Gasteiger partial charge in [-0.1, -0.05) is 133 Å². The zero-order valence-electron chi connectivity index (χ0n) is 35.5. The van der Waals surface area contributed by atoms with E-state index in [-0.39, 0.29) is 21.7 Å². The quantitative estimate of drug-likeness (QED) is 0.168. The molecule has 0 N–H and O–H groups in total. The Morgan fingerprint density at radius 3 is 1.00 bits per heavy atom. The van der Waals surface area contributed by atoms with Gasteiger partial charge >= 0.3 is 0 Å². The lowest BCUT2D eigenvalue weighted by atomic mass is 9.32. The summed E-state index contributed by atoms with van der Waals surface area (Å²) in [6.07, 6.45) is 6.14. The summed E-state index contributed by atoms with van der Waals surface area (Å²) in [5.41, 5.74) is 12.8. The molecule has 2 unspecified atom stereocenters. The number of fused-ring (bicyclic) bond motifs is 6. The number of nitrogens with zero attached hydrogens (tertiary/aromatic N) is 4. The van der Waals surface area contributed by atoms with Gasteiger partial charge in [-0.25, -0.2) is 0 Å². The molecule has 2 atom stereocenters. The first-order valence-electron chi connectivity index (χ1n) is 22.6. The predicted molar refractivity (Wildman–Crippen MR) is 258 cm³/mol. The maximum atomic E-state index is 10.4. The van der Waals surface area contributed by atoms with Crippen LogP contribution >= 0.6 is 0 Å². The van der Waals surface area contributed by atoms with E-state index in [0.29, 0.717) is 11.1 Å². The Hall–Kier alpha value is -7.66. The summed E-state index contributed by atoms with van der Waals surface area (Å²) in [4.78, 5) is 0. The smallest absolute Gasteiger partial charge is 0.101 e. The van der Waals surface area contributed by atoms with E-state index < -0.39 is 0 Å². The van der Waals surface area contributed by atoms with Gasteiger partial charge in [0, 0.05) is 32.9 Å². The molecule has 4 aliphatic rings. The van der Waals surface area contributed by atoms with Crippen molar-refractivity contribution < 1.29 is 0 Å². The van der Waals surface area contributed by atoms with E-state index in [9.17, 15) is 10.5 Å². The lowest BCUT2D eigenvalue weighted by Gasteiger charge is -2.71. The third kappa shape index (κ3) is 5.15. The maximum Gasteiger partial charge on any atom is 0.101 e. The molecule has 0 saturated heterocycles. The van der Waals surface area contributed by atoms with Crippen LogP contribution in [0.4, 0.5) is 0 Å². The van der Waals surface area contributed by atoms with Crippen molar-refractivity contribution in [1.29, 1.82) is 10.5 Å². The number of aromatic nitrogens is 2. The first-order valence-corrected chi connectivity index (χ1v) is 22.6. The SMILES string of the molecule is N#Cc1ccc(C23CC4(c5ccccc5)CC(c5ccc(-n6c7ccccc7c7ccccc76)cc5)(CC(c5ccc(-n6c7ccccc7c7ccccc76)cc5)(C4)C2)C3)cc1C#N. The maximum absolute atomic E-state index is 10.4. The highest BCUT2D eigenvalue weighted by molar-refractivity contribution is 6.10. The van der Waals surface area contributed by atoms with Gasteiger partial charge in [0.1, 0.15) is 12.1 Å². The van der Waals surface area contributed by atoms with Crippen LogP contribution in [0.25, 0.3) is 55.0 Å². The summed E-state index contributed by atoms with van der Waals surface area (Å²) < 4.78 is 4.84. The Bertz CT molecular complexity index is 3310. The Labute approximate surface area is 372 Å². The minimum Gasteiger partial charge on any atom is -0.309 e. The van der Waals surface area contributed by atoms with Gasteiger partial charge in [0.25, 0.3) is 0 Å². The van der Waals surface area contributed by atoms with Gasteiger partial charge in [-0.15, -0.1) is 0 Å². The molecule has 4 saturated carbocycles. The van der Waals surface area contributed by atoms with Gasteiger partial charge < -0.3 is 9.13 Å². The van der Waals surface area contributed by atoms with Crippen LogP contribution in [-0.4, -0.2) is 9.13 Å². The number of nitriles is 2. The van der Waals surface area contributed by atoms with Crippen molar-refractivity contribution in [2.24, 2.45) is 0 Å². The monoisotopic (exact) mass is 820 g/mol. The molecule has 4 heteroatoms. The van der Waals surface area contributed by atoms with E-state index in [4.69, 9.17) is 0 Å². The van der Waals surface area contributed by atoms with Crippen LogP contribution in [0.15, 0.2) is 194 Å². The van der Waals surface area contributed by atoms with Gasteiger partial charge in [0.05, 0.1) is 33.2 Å². The van der Waals surface area contributed by atoms with E-state index in [1.807, 2.05) is 6.07 Å². The fraction of sp³-hybridized carbons (Fsp3) is 0.167. The third-order valence-electron chi connectivity index (χ3n) is 16.0. The molecule has 4 fully saturated rings. The van der Waals surface area contributed by atoms with Gasteiger partial charge in [-0.2, -0.15) is 10.5 Å². The first kappa shape index (κ1) is 36.9. The molecule has 4 aliphatic carbocycles. The minimum absolute atomic E-state index is 0.117. The van der Waals surface area contributed by atoms with Crippen LogP contribution in [0.5, 0.6) is 0 Å². The van der Waals surface area contributed by atoms with Crippen molar-refractivity contribution in [1.82, 2.24) is 9.13 Å². The molecule has 0 amide bonds. The number of para-hydroxylation sites is 4. The average Bonchev–Trinajstić information content (AvgIpc) is 3.87. The van der Waals surface area contributed by atoms with Crippen LogP contribution in [0.1, 0.15) is 71.9 Å².